The normalized spacial score (nSPS) is 15.7. The lowest BCUT2D eigenvalue weighted by atomic mass is 9.95. The van der Waals surface area contributed by atoms with E-state index in [0.717, 1.165) is 34.5 Å². The number of ether oxygens (including phenoxy) is 1. The number of primary sulfonamides is 1. The molecule has 2 N–H and O–H groups in total. The summed E-state index contributed by atoms with van der Waals surface area (Å²) in [5.74, 6) is 1.40. The van der Waals surface area contributed by atoms with Gasteiger partial charge < -0.3 is 4.74 Å². The minimum atomic E-state index is -3.68. The van der Waals surface area contributed by atoms with E-state index >= 15 is 0 Å². The van der Waals surface area contributed by atoms with Gasteiger partial charge in [-0.05, 0) is 67.0 Å². The van der Waals surface area contributed by atoms with Crippen molar-refractivity contribution >= 4 is 27.2 Å². The van der Waals surface area contributed by atoms with Gasteiger partial charge in [0.1, 0.15) is 11.4 Å². The van der Waals surface area contributed by atoms with Crippen molar-refractivity contribution in [1.82, 2.24) is 0 Å². The van der Waals surface area contributed by atoms with Crippen molar-refractivity contribution in [3.63, 3.8) is 0 Å². The van der Waals surface area contributed by atoms with E-state index in [4.69, 9.17) is 14.9 Å². The zero-order chi connectivity index (χ0) is 20.6. The Balaban J connectivity index is 1.42. The Morgan fingerprint density at radius 2 is 1.90 bits per heavy atom. The van der Waals surface area contributed by atoms with Crippen LogP contribution in [0.3, 0.4) is 0 Å². The number of sulfonamides is 1. The second kappa shape index (κ2) is 7.72. The Hall–Kier alpha value is -2.51. The maximum atomic E-state index is 12.9. The van der Waals surface area contributed by atoms with Crippen LogP contribution in [0.5, 0.6) is 5.75 Å². The van der Waals surface area contributed by atoms with Gasteiger partial charge in [0.25, 0.3) is 0 Å². The van der Waals surface area contributed by atoms with Crippen LogP contribution in [0.25, 0.3) is 0 Å². The minimum Gasteiger partial charge on any atom is -0.494 e. The molecule has 2 aliphatic rings. The highest BCUT2D eigenvalue weighted by Gasteiger charge is 2.33. The van der Waals surface area contributed by atoms with Gasteiger partial charge >= 0.3 is 0 Å². The molecular formula is C22H24N2O4S. The van der Waals surface area contributed by atoms with E-state index in [-0.39, 0.29) is 10.7 Å². The topological polar surface area (TPSA) is 98.8 Å². The molecule has 6 nitrogen and oxygen atoms in total. The summed E-state index contributed by atoms with van der Waals surface area (Å²) < 4.78 is 28.1. The van der Waals surface area contributed by atoms with Gasteiger partial charge in [-0.3, -0.25) is 9.79 Å². The predicted molar refractivity (Wildman–Crippen MR) is 112 cm³/mol. The molecule has 29 heavy (non-hydrogen) atoms. The largest absolute Gasteiger partial charge is 0.494 e. The molecule has 0 atom stereocenters. The first-order valence-corrected chi connectivity index (χ1v) is 11.3. The summed E-state index contributed by atoms with van der Waals surface area (Å²) in [6.45, 7) is 0. The summed E-state index contributed by atoms with van der Waals surface area (Å²) in [5.41, 5.74) is 4.70. The minimum absolute atomic E-state index is 0.0950. The molecule has 0 saturated heterocycles. The van der Waals surface area contributed by atoms with Gasteiger partial charge in [0, 0.05) is 24.1 Å². The highest BCUT2D eigenvalue weighted by atomic mass is 32.2. The molecular weight excluding hydrogens is 388 g/mol. The lowest BCUT2D eigenvalue weighted by molar-refractivity contribution is 0.0979. The maximum absolute atomic E-state index is 12.9. The van der Waals surface area contributed by atoms with Gasteiger partial charge in [0.15, 0.2) is 5.78 Å². The number of nitrogens with two attached hydrogens (primary N) is 1. The predicted octanol–water partition coefficient (Wildman–Crippen LogP) is 3.59. The summed E-state index contributed by atoms with van der Waals surface area (Å²) in [4.78, 5) is 17.7. The number of methoxy groups -OCH3 is 1. The molecule has 0 spiro atoms. The zero-order valence-electron chi connectivity index (χ0n) is 16.3. The standard InChI is InChI=1S/C22H24N2O4S/c1-28-21-12-11-17(18-13-19(15-7-8-15)24-22(18)21)20(25)4-2-3-14-5-9-16(10-6-14)29(23,26)27/h5-6,9-12,15H,2-4,7-8,13H2,1H3,(H2,23,26,27). The van der Waals surface area contributed by atoms with Crippen LogP contribution in [0.2, 0.25) is 0 Å². The first kappa shape index (κ1) is 19.8. The van der Waals surface area contributed by atoms with Crippen molar-refractivity contribution in [2.24, 2.45) is 16.0 Å². The molecule has 2 aromatic rings. The summed E-state index contributed by atoms with van der Waals surface area (Å²) in [5, 5.41) is 5.12. The molecule has 0 unspecified atom stereocenters. The Kier molecular flexibility index (Phi) is 5.27. The highest BCUT2D eigenvalue weighted by Crippen LogP contribution is 2.44. The molecule has 0 bridgehead atoms. The quantitative estimate of drug-likeness (QED) is 0.670. The average molecular weight is 413 g/mol. The van der Waals surface area contributed by atoms with Crippen LogP contribution in [0, 0.1) is 5.92 Å². The highest BCUT2D eigenvalue weighted by molar-refractivity contribution is 7.89. The first-order chi connectivity index (χ1) is 13.9. The second-order valence-electron chi connectivity index (χ2n) is 7.66. The van der Waals surface area contributed by atoms with E-state index in [1.165, 1.54) is 30.7 Å². The van der Waals surface area contributed by atoms with Crippen LogP contribution in [-0.2, 0) is 22.9 Å². The van der Waals surface area contributed by atoms with Gasteiger partial charge in [-0.25, -0.2) is 13.6 Å². The van der Waals surface area contributed by atoms with E-state index in [1.807, 2.05) is 12.1 Å². The van der Waals surface area contributed by atoms with Crippen molar-refractivity contribution < 1.29 is 17.9 Å². The van der Waals surface area contributed by atoms with Gasteiger partial charge in [0.2, 0.25) is 10.0 Å². The molecule has 2 aromatic carbocycles. The number of nitrogens with zero attached hydrogens (tertiary/aromatic N) is 1. The number of ketones is 1. The van der Waals surface area contributed by atoms with Crippen LogP contribution >= 0.6 is 0 Å². The molecule has 0 aromatic heterocycles. The van der Waals surface area contributed by atoms with Crippen molar-refractivity contribution in [3.05, 3.63) is 53.1 Å². The van der Waals surface area contributed by atoms with Crippen molar-refractivity contribution in [2.45, 2.75) is 43.4 Å². The number of benzene rings is 2. The van der Waals surface area contributed by atoms with E-state index in [2.05, 4.69) is 0 Å². The number of rotatable bonds is 8. The van der Waals surface area contributed by atoms with Crippen molar-refractivity contribution in [3.8, 4) is 5.75 Å². The number of hydrogen-bond acceptors (Lipinski definition) is 5. The van der Waals surface area contributed by atoms with Gasteiger partial charge in [-0.1, -0.05) is 12.1 Å². The molecule has 4 rings (SSSR count). The van der Waals surface area contributed by atoms with Crippen LogP contribution in [0.15, 0.2) is 46.3 Å². The summed E-state index contributed by atoms with van der Waals surface area (Å²) >= 11 is 0. The number of hydrogen-bond donors (Lipinski definition) is 1. The molecule has 1 fully saturated rings. The third-order valence-corrected chi connectivity index (χ3v) is 6.48. The van der Waals surface area contributed by atoms with Gasteiger partial charge in [-0.15, -0.1) is 0 Å². The third kappa shape index (κ3) is 4.26. The average Bonchev–Trinajstić information content (AvgIpc) is 3.45. The first-order valence-electron chi connectivity index (χ1n) is 9.79. The Bertz CT molecular complexity index is 1080. The summed E-state index contributed by atoms with van der Waals surface area (Å²) in [6.07, 6.45) is 4.91. The molecule has 152 valence electrons. The van der Waals surface area contributed by atoms with E-state index in [9.17, 15) is 13.2 Å². The fraction of sp³-hybridized carbons (Fsp3) is 0.364. The Morgan fingerprint density at radius 3 is 2.52 bits per heavy atom. The lowest BCUT2D eigenvalue weighted by Gasteiger charge is -2.10. The monoisotopic (exact) mass is 412 g/mol. The molecule has 1 heterocycles. The molecule has 1 aliphatic carbocycles. The molecule has 7 heteroatoms. The molecule has 1 saturated carbocycles. The summed E-state index contributed by atoms with van der Waals surface area (Å²) in [7, 11) is -2.05. The maximum Gasteiger partial charge on any atom is 0.238 e. The number of fused-ring (bicyclic) bond motifs is 1. The number of carbonyl (C=O) groups excluding carboxylic acids is 1. The van der Waals surface area contributed by atoms with E-state index in [0.29, 0.717) is 25.2 Å². The van der Waals surface area contributed by atoms with Crippen LogP contribution < -0.4 is 9.88 Å². The lowest BCUT2D eigenvalue weighted by Crippen LogP contribution is -2.11. The van der Waals surface area contributed by atoms with Gasteiger partial charge in [-0.2, -0.15) is 0 Å². The van der Waals surface area contributed by atoms with E-state index < -0.39 is 10.0 Å². The fourth-order valence-electron chi connectivity index (χ4n) is 3.79. The molecule has 1 aliphatic heterocycles. The number of carbonyl (C=O) groups is 1. The smallest absolute Gasteiger partial charge is 0.238 e. The van der Waals surface area contributed by atoms with Gasteiger partial charge in [0.05, 0.1) is 12.0 Å². The number of aliphatic imine (C=N–C) groups is 1. The number of Topliss-reactive ketones (excluding diaryl/α,β-unsaturated/α-hetero) is 1. The number of aryl methyl sites for hydroxylation is 1. The fourth-order valence-corrected chi connectivity index (χ4v) is 4.31. The van der Waals surface area contributed by atoms with Crippen molar-refractivity contribution in [1.29, 1.82) is 0 Å². The van der Waals surface area contributed by atoms with E-state index in [1.54, 1.807) is 19.2 Å². The van der Waals surface area contributed by atoms with Crippen molar-refractivity contribution in [2.75, 3.05) is 7.11 Å². The molecule has 0 amide bonds. The Morgan fingerprint density at radius 1 is 1.17 bits per heavy atom. The second-order valence-corrected chi connectivity index (χ2v) is 9.22. The van der Waals surface area contributed by atoms with Crippen LogP contribution in [-0.4, -0.2) is 27.0 Å². The van der Waals surface area contributed by atoms with Crippen LogP contribution in [0.1, 0.15) is 47.2 Å². The Labute approximate surface area is 170 Å². The zero-order valence-corrected chi connectivity index (χ0v) is 17.2. The van der Waals surface area contributed by atoms with Crippen LogP contribution in [0.4, 0.5) is 5.69 Å². The third-order valence-electron chi connectivity index (χ3n) is 5.55. The SMILES string of the molecule is COc1ccc(C(=O)CCCc2ccc(S(N)(=O)=O)cc2)c2c1N=C(C1CC1)C2. The summed E-state index contributed by atoms with van der Waals surface area (Å²) in [6, 6.07) is 10.2. The molecule has 0 radical (unpaired) electrons.